The number of nitrogens with zero attached hydrogens (tertiary/aromatic N) is 3. The summed E-state index contributed by atoms with van der Waals surface area (Å²) in [6, 6.07) is 6.77. The predicted molar refractivity (Wildman–Crippen MR) is 147 cm³/mol. The Morgan fingerprint density at radius 2 is 1.89 bits per heavy atom. The third kappa shape index (κ3) is 5.75. The van der Waals surface area contributed by atoms with Gasteiger partial charge < -0.3 is 14.8 Å². The lowest BCUT2D eigenvalue weighted by atomic mass is 10.0. The van der Waals surface area contributed by atoms with Crippen molar-refractivity contribution in [1.82, 2.24) is 14.3 Å². The molecule has 3 aromatic rings. The fraction of sp³-hybridized carbons (Fsp3) is 0.417. The molecule has 1 aromatic heterocycles. The molecule has 2 aromatic carbocycles. The summed E-state index contributed by atoms with van der Waals surface area (Å²) in [5.41, 5.74) is 0.794. The Kier molecular flexibility index (Phi) is 8.40. The Morgan fingerprint density at radius 3 is 2.54 bits per heavy atom. The van der Waals surface area contributed by atoms with Crippen LogP contribution in [0.25, 0.3) is 10.9 Å². The smallest absolute Gasteiger partial charge is 0.211 e. The average Bonchev–Trinajstić information content (AvgIpc) is 3.42. The fourth-order valence-corrected chi connectivity index (χ4v) is 6.58. The van der Waals surface area contributed by atoms with Crippen molar-refractivity contribution in [1.29, 1.82) is 0 Å². The van der Waals surface area contributed by atoms with Gasteiger partial charge in [0.05, 0.1) is 36.2 Å². The number of sulfonamides is 1. The van der Waals surface area contributed by atoms with Crippen LogP contribution >= 0.6 is 39.9 Å². The van der Waals surface area contributed by atoms with Crippen LogP contribution < -0.4 is 14.8 Å². The molecule has 200 valence electrons. The summed E-state index contributed by atoms with van der Waals surface area (Å²) in [6.07, 6.45) is 4.54. The summed E-state index contributed by atoms with van der Waals surface area (Å²) < 4.78 is 52.1. The standard InChI is InChI=1S/C24H25BrClFN4O4S.ClH/c1-34-20-7-16-19(28-12-29-24(16)30-18-4-3-17(25)22(26)23(18)27)8-21(20)35-11-13-5-14-9-31(36(2,32)33)10-15(14)6-13;/h3-4,7-8,12-15H,5-6,9-11H2,1-2H3,(H,28,29,30);1H/t13-,14+,15-;. The molecular weight excluding hydrogens is 610 g/mol. The van der Waals surface area contributed by atoms with Gasteiger partial charge in [-0.1, -0.05) is 11.6 Å². The molecule has 1 aliphatic carbocycles. The van der Waals surface area contributed by atoms with E-state index in [2.05, 4.69) is 31.2 Å². The molecule has 0 radical (unpaired) electrons. The largest absolute Gasteiger partial charge is 0.493 e. The van der Waals surface area contributed by atoms with Gasteiger partial charge in [0.25, 0.3) is 0 Å². The van der Waals surface area contributed by atoms with E-state index < -0.39 is 15.8 Å². The average molecular weight is 636 g/mol. The SMILES string of the molecule is COc1cc2c(Nc3ccc(Br)c(Cl)c3F)ncnc2cc1OC[C@H]1C[C@@H]2CN(S(C)(=O)=O)C[C@@H]2C1.Cl. The highest BCUT2D eigenvalue weighted by Gasteiger charge is 2.43. The summed E-state index contributed by atoms with van der Waals surface area (Å²) in [7, 11) is -1.58. The van der Waals surface area contributed by atoms with E-state index in [-0.39, 0.29) is 23.1 Å². The fourth-order valence-electron chi connectivity index (χ4n) is 5.18. The molecule has 0 amide bonds. The van der Waals surface area contributed by atoms with Gasteiger partial charge in [-0.25, -0.2) is 27.1 Å². The summed E-state index contributed by atoms with van der Waals surface area (Å²) in [5.74, 6) is 1.97. The van der Waals surface area contributed by atoms with E-state index in [1.54, 1.807) is 35.7 Å². The van der Waals surface area contributed by atoms with E-state index >= 15 is 0 Å². The maximum atomic E-state index is 14.6. The second-order valence-electron chi connectivity index (χ2n) is 9.34. The maximum absolute atomic E-state index is 14.6. The zero-order valence-electron chi connectivity index (χ0n) is 20.1. The van der Waals surface area contributed by atoms with Crippen molar-refractivity contribution in [3.05, 3.63) is 45.9 Å². The topological polar surface area (TPSA) is 93.7 Å². The van der Waals surface area contributed by atoms with E-state index in [0.717, 1.165) is 12.8 Å². The summed E-state index contributed by atoms with van der Waals surface area (Å²) in [4.78, 5) is 8.63. The van der Waals surface area contributed by atoms with Gasteiger partial charge in [0, 0.05) is 29.0 Å². The molecule has 2 heterocycles. The second kappa shape index (κ2) is 11.1. The van der Waals surface area contributed by atoms with Gasteiger partial charge in [-0.15, -0.1) is 12.4 Å². The number of fused-ring (bicyclic) bond motifs is 2. The summed E-state index contributed by atoms with van der Waals surface area (Å²) >= 11 is 9.24. The van der Waals surface area contributed by atoms with Crippen molar-refractivity contribution in [2.24, 2.45) is 17.8 Å². The number of nitrogens with one attached hydrogen (secondary N) is 1. The van der Waals surface area contributed by atoms with Gasteiger partial charge in [0.1, 0.15) is 12.1 Å². The molecule has 8 nitrogen and oxygen atoms in total. The Labute approximate surface area is 234 Å². The second-order valence-corrected chi connectivity index (χ2v) is 12.6. The number of anilines is 2. The van der Waals surface area contributed by atoms with Crippen LogP contribution in [0.15, 0.2) is 35.1 Å². The van der Waals surface area contributed by atoms with Crippen LogP contribution in [0.3, 0.4) is 0 Å². The predicted octanol–water partition coefficient (Wildman–Crippen LogP) is 5.66. The minimum atomic E-state index is -3.14. The van der Waals surface area contributed by atoms with E-state index in [9.17, 15) is 12.8 Å². The highest BCUT2D eigenvalue weighted by Crippen LogP contribution is 2.43. The van der Waals surface area contributed by atoms with Gasteiger partial charge >= 0.3 is 0 Å². The van der Waals surface area contributed by atoms with Crippen LogP contribution in [0.5, 0.6) is 11.5 Å². The van der Waals surface area contributed by atoms with Crippen LogP contribution in [0.4, 0.5) is 15.9 Å². The minimum absolute atomic E-state index is 0. The first-order valence-electron chi connectivity index (χ1n) is 11.4. The van der Waals surface area contributed by atoms with Crippen LogP contribution in [-0.4, -0.2) is 55.8 Å². The van der Waals surface area contributed by atoms with Gasteiger partial charge in [0.2, 0.25) is 10.0 Å². The van der Waals surface area contributed by atoms with Crippen LogP contribution in [0, 0.1) is 23.6 Å². The van der Waals surface area contributed by atoms with Crippen LogP contribution in [0.1, 0.15) is 12.8 Å². The molecule has 0 spiro atoms. The molecule has 1 aliphatic heterocycles. The first kappa shape index (κ1) is 28.1. The molecule has 1 saturated heterocycles. The van der Waals surface area contributed by atoms with Crippen molar-refractivity contribution in [3.8, 4) is 11.5 Å². The summed E-state index contributed by atoms with van der Waals surface area (Å²) in [5, 5.41) is 3.61. The zero-order valence-corrected chi connectivity index (χ0v) is 24.1. The molecule has 13 heteroatoms. The third-order valence-electron chi connectivity index (χ3n) is 6.97. The lowest BCUT2D eigenvalue weighted by Crippen LogP contribution is -2.29. The van der Waals surface area contributed by atoms with Gasteiger partial charge in [0.15, 0.2) is 17.3 Å². The number of rotatable bonds is 7. The van der Waals surface area contributed by atoms with Gasteiger partial charge in [-0.05, 0) is 64.7 Å². The molecular formula is C24H26BrCl2FN4O4S. The molecule has 3 atom stereocenters. The summed E-state index contributed by atoms with van der Waals surface area (Å²) in [6.45, 7) is 1.69. The van der Waals surface area contributed by atoms with Crippen LogP contribution in [0.2, 0.25) is 5.02 Å². The number of aromatic nitrogens is 2. The Morgan fingerprint density at radius 1 is 1.19 bits per heavy atom. The van der Waals surface area contributed by atoms with Crippen molar-refractivity contribution in [2.75, 3.05) is 38.4 Å². The quantitative estimate of drug-likeness (QED) is 0.335. The Balaban J connectivity index is 0.00000320. The first-order valence-corrected chi connectivity index (χ1v) is 14.5. The van der Waals surface area contributed by atoms with Crippen molar-refractivity contribution >= 4 is 72.4 Å². The molecule has 5 rings (SSSR count). The molecule has 1 N–H and O–H groups in total. The lowest BCUT2D eigenvalue weighted by molar-refractivity contribution is 0.231. The number of benzene rings is 2. The highest BCUT2D eigenvalue weighted by molar-refractivity contribution is 9.10. The first-order chi connectivity index (χ1) is 17.1. The van der Waals surface area contributed by atoms with Crippen LogP contribution in [-0.2, 0) is 10.0 Å². The number of hydrogen-bond donors (Lipinski definition) is 1. The number of ether oxygens (including phenoxy) is 2. The van der Waals surface area contributed by atoms with E-state index in [1.807, 2.05) is 0 Å². The van der Waals surface area contributed by atoms with Crippen molar-refractivity contribution in [3.63, 3.8) is 0 Å². The van der Waals surface area contributed by atoms with Crippen molar-refractivity contribution < 1.29 is 22.3 Å². The molecule has 0 bridgehead atoms. The molecule has 1 saturated carbocycles. The molecule has 2 aliphatic rings. The highest BCUT2D eigenvalue weighted by atomic mass is 79.9. The van der Waals surface area contributed by atoms with E-state index in [0.29, 0.717) is 70.1 Å². The molecule has 2 fully saturated rings. The van der Waals surface area contributed by atoms with E-state index in [4.69, 9.17) is 21.1 Å². The number of hydrogen-bond acceptors (Lipinski definition) is 7. The minimum Gasteiger partial charge on any atom is -0.493 e. The number of methoxy groups -OCH3 is 1. The zero-order chi connectivity index (χ0) is 25.6. The van der Waals surface area contributed by atoms with Gasteiger partial charge in [-0.3, -0.25) is 0 Å². The van der Waals surface area contributed by atoms with Crippen molar-refractivity contribution in [2.45, 2.75) is 12.8 Å². The lowest BCUT2D eigenvalue weighted by Gasteiger charge is -2.18. The Bertz CT molecular complexity index is 1420. The molecule has 0 unspecified atom stereocenters. The normalized spacial score (nSPS) is 21.5. The molecule has 37 heavy (non-hydrogen) atoms. The maximum Gasteiger partial charge on any atom is 0.211 e. The Hall–Kier alpha value is -1.92. The third-order valence-corrected chi connectivity index (χ3v) is 9.46. The van der Waals surface area contributed by atoms with Gasteiger partial charge in [-0.2, -0.15) is 0 Å². The monoisotopic (exact) mass is 634 g/mol. The number of halogens is 4. The van der Waals surface area contributed by atoms with E-state index in [1.165, 1.54) is 12.6 Å².